The largest absolute Gasteiger partial charge is 0.494 e. The third-order valence-corrected chi connectivity index (χ3v) is 3.39. The zero-order chi connectivity index (χ0) is 14.8. The topological polar surface area (TPSA) is 47.9 Å². The van der Waals surface area contributed by atoms with Crippen LogP contribution in [0.2, 0.25) is 0 Å². The van der Waals surface area contributed by atoms with Crippen molar-refractivity contribution in [3.8, 4) is 17.2 Å². The lowest BCUT2D eigenvalue weighted by atomic mass is 10.00. The van der Waals surface area contributed by atoms with Gasteiger partial charge in [0.25, 0.3) is 0 Å². The molecule has 0 fully saturated rings. The lowest BCUT2D eigenvalue weighted by molar-refractivity contribution is 0.169. The van der Waals surface area contributed by atoms with Crippen molar-refractivity contribution in [2.24, 2.45) is 0 Å². The van der Waals surface area contributed by atoms with Crippen molar-refractivity contribution in [2.75, 3.05) is 20.3 Å². The van der Waals surface area contributed by atoms with Crippen molar-refractivity contribution in [3.05, 3.63) is 53.3 Å². The van der Waals surface area contributed by atoms with Crippen molar-refractivity contribution in [1.29, 1.82) is 0 Å². The molecule has 0 aromatic heterocycles. The summed E-state index contributed by atoms with van der Waals surface area (Å²) < 4.78 is 30.0. The Morgan fingerprint density at radius 3 is 2.67 bits per heavy atom. The summed E-state index contributed by atoms with van der Waals surface area (Å²) in [5.74, 6) is 0.718. The number of hydrogen-bond donors (Lipinski definition) is 1. The molecule has 5 heteroatoms. The monoisotopic (exact) mass is 290 g/mol. The SMILES string of the molecule is COc1cccc(C(O)c2ccc3c(c2)OCCO3)c1F. The standard InChI is InChI=1S/C16H15FO4/c1-19-13-4-2-3-11(15(13)17)16(18)10-5-6-12-14(9-10)21-8-7-20-12/h2-6,9,16,18H,7-8H2,1H3. The van der Waals surface area contributed by atoms with Crippen LogP contribution in [0.5, 0.6) is 17.2 Å². The van der Waals surface area contributed by atoms with Crippen molar-refractivity contribution in [3.63, 3.8) is 0 Å². The molecule has 110 valence electrons. The Kier molecular flexibility index (Phi) is 3.66. The van der Waals surface area contributed by atoms with E-state index < -0.39 is 11.9 Å². The van der Waals surface area contributed by atoms with Crippen molar-refractivity contribution in [2.45, 2.75) is 6.10 Å². The van der Waals surface area contributed by atoms with Gasteiger partial charge >= 0.3 is 0 Å². The van der Waals surface area contributed by atoms with Crippen LogP contribution in [0, 0.1) is 5.82 Å². The number of hydrogen-bond acceptors (Lipinski definition) is 4. The molecule has 3 rings (SSSR count). The lowest BCUT2D eigenvalue weighted by Crippen LogP contribution is -2.15. The summed E-state index contributed by atoms with van der Waals surface area (Å²) in [5, 5.41) is 10.4. The number of benzene rings is 2. The minimum atomic E-state index is -1.10. The molecule has 1 aliphatic heterocycles. The minimum absolute atomic E-state index is 0.101. The van der Waals surface area contributed by atoms with Gasteiger partial charge in [-0.25, -0.2) is 4.39 Å². The second kappa shape index (κ2) is 5.61. The maximum Gasteiger partial charge on any atom is 0.171 e. The van der Waals surface area contributed by atoms with Crippen LogP contribution in [0.25, 0.3) is 0 Å². The summed E-state index contributed by atoms with van der Waals surface area (Å²) in [5.41, 5.74) is 0.692. The first kappa shape index (κ1) is 13.7. The van der Waals surface area contributed by atoms with Crippen LogP contribution in [0.4, 0.5) is 4.39 Å². The third-order valence-electron chi connectivity index (χ3n) is 3.39. The number of halogens is 1. The average molecular weight is 290 g/mol. The van der Waals surface area contributed by atoms with Gasteiger partial charge in [0.15, 0.2) is 23.1 Å². The molecule has 0 saturated heterocycles. The Bertz CT molecular complexity index is 657. The van der Waals surface area contributed by atoms with Crippen LogP contribution in [-0.2, 0) is 0 Å². The Morgan fingerprint density at radius 1 is 1.14 bits per heavy atom. The third kappa shape index (κ3) is 2.52. The van der Waals surface area contributed by atoms with E-state index in [1.165, 1.54) is 19.2 Å². The molecule has 1 unspecified atom stereocenters. The molecule has 0 saturated carbocycles. The van der Waals surface area contributed by atoms with Gasteiger partial charge in [-0.1, -0.05) is 18.2 Å². The first-order chi connectivity index (χ1) is 10.2. The van der Waals surface area contributed by atoms with Gasteiger partial charge in [-0.05, 0) is 23.8 Å². The highest BCUT2D eigenvalue weighted by Crippen LogP contribution is 2.35. The van der Waals surface area contributed by atoms with Gasteiger partial charge in [0.2, 0.25) is 0 Å². The lowest BCUT2D eigenvalue weighted by Gasteiger charge is -2.20. The van der Waals surface area contributed by atoms with E-state index in [1.807, 2.05) is 0 Å². The predicted molar refractivity (Wildman–Crippen MR) is 74.4 cm³/mol. The maximum absolute atomic E-state index is 14.2. The van der Waals surface area contributed by atoms with E-state index >= 15 is 0 Å². The van der Waals surface area contributed by atoms with Crippen LogP contribution in [0.15, 0.2) is 36.4 Å². The number of ether oxygens (including phenoxy) is 3. The molecule has 0 radical (unpaired) electrons. The molecule has 0 bridgehead atoms. The average Bonchev–Trinajstić information content (AvgIpc) is 2.54. The van der Waals surface area contributed by atoms with Crippen molar-refractivity contribution in [1.82, 2.24) is 0 Å². The molecule has 1 atom stereocenters. The first-order valence-electron chi connectivity index (χ1n) is 6.60. The summed E-state index contributed by atoms with van der Waals surface area (Å²) >= 11 is 0. The Labute approximate surface area is 121 Å². The second-order valence-electron chi connectivity index (χ2n) is 4.67. The number of aliphatic hydroxyl groups excluding tert-OH is 1. The number of aliphatic hydroxyl groups is 1. The van der Waals surface area contributed by atoms with Gasteiger partial charge in [-0.15, -0.1) is 0 Å². The molecular formula is C16H15FO4. The highest BCUT2D eigenvalue weighted by molar-refractivity contribution is 5.46. The second-order valence-corrected chi connectivity index (χ2v) is 4.67. The van der Waals surface area contributed by atoms with E-state index in [0.717, 1.165) is 0 Å². The first-order valence-corrected chi connectivity index (χ1v) is 6.60. The van der Waals surface area contributed by atoms with Gasteiger partial charge in [-0.3, -0.25) is 0 Å². The zero-order valence-electron chi connectivity index (χ0n) is 11.5. The number of methoxy groups -OCH3 is 1. The van der Waals surface area contributed by atoms with E-state index in [9.17, 15) is 9.50 Å². The molecule has 4 nitrogen and oxygen atoms in total. The molecule has 1 heterocycles. The van der Waals surface area contributed by atoms with Crippen molar-refractivity contribution < 1.29 is 23.7 Å². The van der Waals surface area contributed by atoms with E-state index in [2.05, 4.69) is 0 Å². The minimum Gasteiger partial charge on any atom is -0.494 e. The van der Waals surface area contributed by atoms with Crippen LogP contribution in [0.1, 0.15) is 17.2 Å². The van der Waals surface area contributed by atoms with Crippen LogP contribution < -0.4 is 14.2 Å². The molecule has 1 aliphatic rings. The van der Waals surface area contributed by atoms with Gasteiger partial charge in [0, 0.05) is 5.56 Å². The van der Waals surface area contributed by atoms with Gasteiger partial charge in [0.1, 0.15) is 19.3 Å². The molecule has 2 aromatic carbocycles. The Balaban J connectivity index is 1.97. The molecule has 0 amide bonds. The van der Waals surface area contributed by atoms with Gasteiger partial charge in [0.05, 0.1) is 7.11 Å². The predicted octanol–water partition coefficient (Wildman–Crippen LogP) is 2.69. The fourth-order valence-electron chi connectivity index (χ4n) is 2.31. The summed E-state index contributed by atoms with van der Waals surface area (Å²) in [6.45, 7) is 0.958. The van der Waals surface area contributed by atoms with Crippen LogP contribution in [-0.4, -0.2) is 25.4 Å². The molecule has 21 heavy (non-hydrogen) atoms. The summed E-state index contributed by atoms with van der Waals surface area (Å²) in [6.07, 6.45) is -1.10. The highest BCUT2D eigenvalue weighted by atomic mass is 19.1. The maximum atomic E-state index is 14.2. The Hall–Kier alpha value is -2.27. The molecule has 0 spiro atoms. The highest BCUT2D eigenvalue weighted by Gasteiger charge is 2.20. The number of rotatable bonds is 3. The van der Waals surface area contributed by atoms with E-state index in [-0.39, 0.29) is 11.3 Å². The Morgan fingerprint density at radius 2 is 1.90 bits per heavy atom. The van der Waals surface area contributed by atoms with Gasteiger partial charge < -0.3 is 19.3 Å². The summed E-state index contributed by atoms with van der Waals surface area (Å²) in [4.78, 5) is 0. The summed E-state index contributed by atoms with van der Waals surface area (Å²) in [7, 11) is 1.39. The number of fused-ring (bicyclic) bond motifs is 1. The molecular weight excluding hydrogens is 275 g/mol. The van der Waals surface area contributed by atoms with Gasteiger partial charge in [-0.2, -0.15) is 0 Å². The summed E-state index contributed by atoms with van der Waals surface area (Å²) in [6, 6.07) is 9.74. The van der Waals surface area contributed by atoms with Crippen LogP contribution >= 0.6 is 0 Å². The van der Waals surface area contributed by atoms with Crippen LogP contribution in [0.3, 0.4) is 0 Å². The molecule has 1 N–H and O–H groups in total. The van der Waals surface area contributed by atoms with E-state index in [0.29, 0.717) is 30.3 Å². The van der Waals surface area contributed by atoms with Crippen molar-refractivity contribution >= 4 is 0 Å². The van der Waals surface area contributed by atoms with E-state index in [4.69, 9.17) is 14.2 Å². The smallest absolute Gasteiger partial charge is 0.171 e. The fourth-order valence-corrected chi connectivity index (χ4v) is 2.31. The normalized spacial score (nSPS) is 14.6. The van der Waals surface area contributed by atoms with E-state index in [1.54, 1.807) is 24.3 Å². The quantitative estimate of drug-likeness (QED) is 0.944. The molecule has 2 aromatic rings. The fraction of sp³-hybridized carbons (Fsp3) is 0.250. The molecule has 0 aliphatic carbocycles. The zero-order valence-corrected chi connectivity index (χ0v) is 11.5.